The Hall–Kier alpha value is -2.32. The topological polar surface area (TPSA) is 114 Å². The van der Waals surface area contributed by atoms with Crippen molar-refractivity contribution in [3.63, 3.8) is 0 Å². The van der Waals surface area contributed by atoms with Gasteiger partial charge in [0.1, 0.15) is 18.0 Å². The van der Waals surface area contributed by atoms with Crippen molar-refractivity contribution in [3.05, 3.63) is 18.2 Å². The number of nitrogens with zero attached hydrogens (tertiary/aromatic N) is 1. The van der Waals surface area contributed by atoms with Crippen LogP contribution >= 0.6 is 0 Å². The average Bonchev–Trinajstić information content (AvgIpc) is 2.87. The average molecular weight is 293 g/mol. The fraction of sp³-hybridized carbons (Fsp3) is 0.385. The molecule has 21 heavy (non-hydrogen) atoms. The minimum atomic E-state index is -0.903. The molecule has 3 rings (SSSR count). The molecule has 8 nitrogen and oxygen atoms in total. The molecule has 0 unspecified atom stereocenters. The van der Waals surface area contributed by atoms with Crippen LogP contribution in [0, 0.1) is 0 Å². The second kappa shape index (κ2) is 5.23. The number of amides is 2. The number of rotatable bonds is 3. The summed E-state index contributed by atoms with van der Waals surface area (Å²) in [7, 11) is 0. The maximum atomic E-state index is 11.9. The number of hydrogen-bond acceptors (Lipinski definition) is 6. The highest BCUT2D eigenvalue weighted by atomic mass is 16.6. The molecule has 0 bridgehead atoms. The van der Waals surface area contributed by atoms with Gasteiger partial charge in [0.15, 0.2) is 6.61 Å². The summed E-state index contributed by atoms with van der Waals surface area (Å²) < 4.78 is 10.3. The van der Waals surface area contributed by atoms with Crippen molar-refractivity contribution in [2.45, 2.75) is 12.2 Å². The zero-order valence-electron chi connectivity index (χ0n) is 11.1. The monoisotopic (exact) mass is 293 g/mol. The molecule has 112 valence electrons. The fourth-order valence-electron chi connectivity index (χ4n) is 2.29. The van der Waals surface area contributed by atoms with Gasteiger partial charge in [0.25, 0.3) is 5.91 Å². The summed E-state index contributed by atoms with van der Waals surface area (Å²) in [5.41, 5.74) is 6.42. The first-order valence-electron chi connectivity index (χ1n) is 6.51. The van der Waals surface area contributed by atoms with E-state index in [9.17, 15) is 14.7 Å². The summed E-state index contributed by atoms with van der Waals surface area (Å²) in [5.74, 6) is 0.296. The molecule has 8 heteroatoms. The Kier molecular flexibility index (Phi) is 3.40. The molecule has 1 fully saturated rings. The number of carbonyl (C=O) groups excluding carboxylic acids is 2. The fourth-order valence-corrected chi connectivity index (χ4v) is 2.29. The van der Waals surface area contributed by atoms with E-state index in [-0.39, 0.29) is 25.6 Å². The van der Waals surface area contributed by atoms with Crippen LogP contribution in [0.4, 0.5) is 16.2 Å². The molecule has 1 saturated heterocycles. The van der Waals surface area contributed by atoms with E-state index in [0.717, 1.165) is 0 Å². The number of nitrogens with one attached hydrogen (secondary N) is 1. The Labute approximate surface area is 120 Å². The number of fused-ring (bicyclic) bond motifs is 1. The molecule has 0 saturated carbocycles. The number of carbonyl (C=O) groups is 2. The number of aliphatic hydroxyl groups is 1. The molecule has 1 aromatic rings. The molecule has 0 spiro atoms. The summed E-state index contributed by atoms with van der Waals surface area (Å²) in [6, 6.07) is 4.99. The quantitative estimate of drug-likeness (QED) is 0.702. The molecular weight excluding hydrogens is 278 g/mol. The van der Waals surface area contributed by atoms with Gasteiger partial charge in [-0.05, 0) is 18.2 Å². The number of hydrogen-bond donors (Lipinski definition) is 3. The van der Waals surface area contributed by atoms with Gasteiger partial charge in [-0.3, -0.25) is 9.69 Å². The molecule has 0 aromatic heterocycles. The van der Waals surface area contributed by atoms with Crippen LogP contribution in [0.3, 0.4) is 0 Å². The molecule has 2 atom stereocenters. The minimum Gasteiger partial charge on any atom is -0.482 e. The summed E-state index contributed by atoms with van der Waals surface area (Å²) in [6.45, 7) is 0.188. The third kappa shape index (κ3) is 2.50. The highest BCUT2D eigenvalue weighted by Gasteiger charge is 2.36. The van der Waals surface area contributed by atoms with Crippen molar-refractivity contribution in [1.82, 2.24) is 0 Å². The van der Waals surface area contributed by atoms with Crippen molar-refractivity contribution in [3.8, 4) is 5.75 Å². The first-order valence-corrected chi connectivity index (χ1v) is 6.51. The summed E-state index contributed by atoms with van der Waals surface area (Å²) >= 11 is 0. The molecule has 2 aliphatic heterocycles. The molecule has 4 N–H and O–H groups in total. The number of ether oxygens (including phenoxy) is 2. The standard InChI is InChI=1S/C13H15N3O5/c14-4-9(17)11-5-16(13(19)21-11)7-1-2-10-8(3-7)15-12(18)6-20-10/h1-3,9,11,17H,4-6,14H2,(H,15,18)/t9-,11-/m0/s1. The van der Waals surface area contributed by atoms with Crippen molar-refractivity contribution >= 4 is 23.4 Å². The first-order chi connectivity index (χ1) is 10.1. The van der Waals surface area contributed by atoms with Gasteiger partial charge in [-0.1, -0.05) is 0 Å². The molecule has 2 aliphatic rings. The third-order valence-electron chi connectivity index (χ3n) is 3.41. The Bertz CT molecular complexity index is 591. The van der Waals surface area contributed by atoms with E-state index in [0.29, 0.717) is 17.1 Å². The molecule has 1 aromatic carbocycles. The van der Waals surface area contributed by atoms with Gasteiger partial charge in [-0.2, -0.15) is 0 Å². The van der Waals surface area contributed by atoms with Crippen LogP contribution in [-0.4, -0.2) is 49.0 Å². The molecule has 2 heterocycles. The number of benzene rings is 1. The molecule has 2 amide bonds. The Morgan fingerprint density at radius 3 is 3.05 bits per heavy atom. The lowest BCUT2D eigenvalue weighted by atomic mass is 10.2. The Morgan fingerprint density at radius 2 is 2.29 bits per heavy atom. The van der Waals surface area contributed by atoms with E-state index >= 15 is 0 Å². The maximum Gasteiger partial charge on any atom is 0.414 e. The van der Waals surface area contributed by atoms with Crippen molar-refractivity contribution in [2.75, 3.05) is 29.9 Å². The van der Waals surface area contributed by atoms with Crippen LogP contribution in [0.1, 0.15) is 0 Å². The lowest BCUT2D eigenvalue weighted by molar-refractivity contribution is -0.118. The summed E-state index contributed by atoms with van der Waals surface area (Å²) in [5, 5.41) is 12.3. The predicted octanol–water partition coefficient (Wildman–Crippen LogP) is -0.338. The molecular formula is C13H15N3O5. The highest BCUT2D eigenvalue weighted by Crippen LogP contribution is 2.33. The second-order valence-corrected chi connectivity index (χ2v) is 4.85. The van der Waals surface area contributed by atoms with E-state index in [1.165, 1.54) is 4.90 Å². The number of aliphatic hydroxyl groups excluding tert-OH is 1. The first kappa shape index (κ1) is 13.7. The van der Waals surface area contributed by atoms with Crippen LogP contribution in [0.25, 0.3) is 0 Å². The lowest BCUT2D eigenvalue weighted by Crippen LogP contribution is -2.36. The zero-order chi connectivity index (χ0) is 15.0. The van der Waals surface area contributed by atoms with Gasteiger partial charge in [-0.25, -0.2) is 4.79 Å². The number of cyclic esters (lactones) is 1. The van der Waals surface area contributed by atoms with Gasteiger partial charge < -0.3 is 25.6 Å². The number of nitrogens with two attached hydrogens (primary N) is 1. The third-order valence-corrected chi connectivity index (χ3v) is 3.41. The Balaban J connectivity index is 1.83. The SMILES string of the molecule is NC[C@H](O)[C@@H]1CN(c2ccc3c(c2)NC(=O)CO3)C(=O)O1. The van der Waals surface area contributed by atoms with E-state index in [4.69, 9.17) is 15.2 Å². The van der Waals surface area contributed by atoms with Crippen LogP contribution in [-0.2, 0) is 9.53 Å². The van der Waals surface area contributed by atoms with Crippen LogP contribution in [0.2, 0.25) is 0 Å². The lowest BCUT2D eigenvalue weighted by Gasteiger charge is -2.21. The van der Waals surface area contributed by atoms with E-state index < -0.39 is 18.3 Å². The molecule has 0 aliphatic carbocycles. The smallest absolute Gasteiger partial charge is 0.414 e. The van der Waals surface area contributed by atoms with Crippen molar-refractivity contribution < 1.29 is 24.2 Å². The molecule has 0 radical (unpaired) electrons. The van der Waals surface area contributed by atoms with Gasteiger partial charge in [-0.15, -0.1) is 0 Å². The van der Waals surface area contributed by atoms with Gasteiger partial charge in [0.2, 0.25) is 0 Å². The van der Waals surface area contributed by atoms with E-state index in [1.807, 2.05) is 0 Å². The van der Waals surface area contributed by atoms with E-state index in [2.05, 4.69) is 5.32 Å². The zero-order valence-corrected chi connectivity index (χ0v) is 11.1. The van der Waals surface area contributed by atoms with E-state index in [1.54, 1.807) is 18.2 Å². The van der Waals surface area contributed by atoms with Gasteiger partial charge in [0.05, 0.1) is 12.2 Å². The predicted molar refractivity (Wildman–Crippen MR) is 73.2 cm³/mol. The van der Waals surface area contributed by atoms with Crippen molar-refractivity contribution in [2.24, 2.45) is 5.73 Å². The number of anilines is 2. The Morgan fingerprint density at radius 1 is 1.48 bits per heavy atom. The van der Waals surface area contributed by atoms with Crippen LogP contribution < -0.4 is 20.7 Å². The summed E-state index contributed by atoms with van der Waals surface area (Å²) in [6.07, 6.45) is -2.13. The van der Waals surface area contributed by atoms with Gasteiger partial charge >= 0.3 is 6.09 Å². The van der Waals surface area contributed by atoms with Crippen LogP contribution in [0.15, 0.2) is 18.2 Å². The minimum absolute atomic E-state index is 0.0138. The van der Waals surface area contributed by atoms with Crippen LogP contribution in [0.5, 0.6) is 5.75 Å². The van der Waals surface area contributed by atoms with Gasteiger partial charge in [0, 0.05) is 12.2 Å². The summed E-state index contributed by atoms with van der Waals surface area (Å²) in [4.78, 5) is 24.6. The highest BCUT2D eigenvalue weighted by molar-refractivity contribution is 5.97. The second-order valence-electron chi connectivity index (χ2n) is 4.85. The largest absolute Gasteiger partial charge is 0.482 e. The normalized spacial score (nSPS) is 22.2. The maximum absolute atomic E-state index is 11.9. The van der Waals surface area contributed by atoms with Crippen molar-refractivity contribution in [1.29, 1.82) is 0 Å².